The Morgan fingerprint density at radius 1 is 1.36 bits per heavy atom. The first-order valence-electron chi connectivity index (χ1n) is 3.83. The Labute approximate surface area is 82.4 Å². The number of hydrogen-bond acceptors (Lipinski definition) is 5. The van der Waals surface area contributed by atoms with Crippen molar-refractivity contribution in [1.29, 1.82) is 0 Å². The van der Waals surface area contributed by atoms with Gasteiger partial charge in [0.15, 0.2) is 0 Å². The molecule has 1 amide bonds. The van der Waals surface area contributed by atoms with Crippen LogP contribution in [-0.4, -0.2) is 29.3 Å². The fraction of sp³-hybridized carbons (Fsp3) is 0.714. The Balaban J connectivity index is 0. The molecule has 14 heavy (non-hydrogen) atoms. The minimum Gasteiger partial charge on any atom is -0.480 e. The van der Waals surface area contributed by atoms with Crippen LogP contribution in [-0.2, 0) is 9.53 Å². The number of amides is 1. The summed E-state index contributed by atoms with van der Waals surface area (Å²) in [5, 5.41) is 10.3. The first kappa shape index (κ1) is 15.1. The topological polar surface area (TPSA) is 128 Å². The van der Waals surface area contributed by atoms with Crippen LogP contribution < -0.4 is 17.0 Å². The number of carbonyl (C=O) groups is 2. The summed E-state index contributed by atoms with van der Waals surface area (Å²) in [7, 11) is 0. The van der Waals surface area contributed by atoms with Crippen LogP contribution >= 0.6 is 0 Å². The summed E-state index contributed by atoms with van der Waals surface area (Å²) in [6, 6.07) is 0. The van der Waals surface area contributed by atoms with E-state index in [1.165, 1.54) is 0 Å². The number of alkyl carbamates (subject to hydrolysis) is 1. The summed E-state index contributed by atoms with van der Waals surface area (Å²) >= 11 is 0. The average Bonchev–Trinajstić information content (AvgIpc) is 2.02. The largest absolute Gasteiger partial charge is 0.480 e. The first-order chi connectivity index (χ1) is 6.31. The van der Waals surface area contributed by atoms with Gasteiger partial charge >= 0.3 is 12.1 Å². The number of carbonyl (C=O) groups excluding carboxylic acids is 1. The number of aliphatic carboxylic acids is 1. The molecule has 0 aliphatic heterocycles. The van der Waals surface area contributed by atoms with Crippen molar-refractivity contribution in [2.24, 2.45) is 11.7 Å². The van der Waals surface area contributed by atoms with Gasteiger partial charge in [-0.2, -0.15) is 0 Å². The molecule has 0 fully saturated rings. The maximum atomic E-state index is 10.8. The molecular formula is C7H17N3O4. The van der Waals surface area contributed by atoms with E-state index in [0.717, 1.165) is 0 Å². The first-order valence-corrected chi connectivity index (χ1v) is 3.83. The zero-order valence-corrected chi connectivity index (χ0v) is 8.53. The van der Waals surface area contributed by atoms with E-state index >= 15 is 0 Å². The smallest absolute Gasteiger partial charge is 0.408 e. The third kappa shape index (κ3) is 13.3. The van der Waals surface area contributed by atoms with Crippen LogP contribution in [0.15, 0.2) is 0 Å². The van der Waals surface area contributed by atoms with E-state index in [4.69, 9.17) is 9.84 Å². The molecule has 0 aliphatic carbocycles. The van der Waals surface area contributed by atoms with Crippen LogP contribution in [0.2, 0.25) is 0 Å². The SMILES string of the molecule is CC(C)(C)OC(=O)NCC(=O)O.NN. The maximum Gasteiger partial charge on any atom is 0.408 e. The van der Waals surface area contributed by atoms with Gasteiger partial charge in [-0.1, -0.05) is 0 Å². The molecule has 0 aromatic rings. The summed E-state index contributed by atoms with van der Waals surface area (Å²) in [6.45, 7) is 4.68. The Kier molecular flexibility index (Phi) is 7.68. The van der Waals surface area contributed by atoms with Crippen LogP contribution in [0.5, 0.6) is 0 Å². The summed E-state index contributed by atoms with van der Waals surface area (Å²) in [4.78, 5) is 20.8. The van der Waals surface area contributed by atoms with Gasteiger partial charge in [-0.25, -0.2) is 4.79 Å². The Morgan fingerprint density at radius 2 is 1.79 bits per heavy atom. The Morgan fingerprint density at radius 3 is 2.07 bits per heavy atom. The van der Waals surface area contributed by atoms with Gasteiger partial charge in [0.1, 0.15) is 12.1 Å². The number of hydrogen-bond donors (Lipinski definition) is 4. The van der Waals surface area contributed by atoms with Gasteiger partial charge in [0.2, 0.25) is 0 Å². The summed E-state index contributed by atoms with van der Waals surface area (Å²) in [5.41, 5.74) is -0.595. The Bertz CT molecular complexity index is 188. The minimum atomic E-state index is -1.10. The molecule has 0 rings (SSSR count). The van der Waals surface area contributed by atoms with Gasteiger partial charge in [-0.05, 0) is 20.8 Å². The Hall–Kier alpha value is -1.34. The van der Waals surface area contributed by atoms with E-state index in [0.29, 0.717) is 0 Å². The maximum absolute atomic E-state index is 10.8. The lowest BCUT2D eigenvalue weighted by Crippen LogP contribution is -2.35. The van der Waals surface area contributed by atoms with Gasteiger partial charge in [-0.15, -0.1) is 0 Å². The highest BCUT2D eigenvalue weighted by Crippen LogP contribution is 2.05. The molecule has 7 nitrogen and oxygen atoms in total. The lowest BCUT2D eigenvalue weighted by Gasteiger charge is -2.19. The molecule has 0 aromatic heterocycles. The normalized spacial score (nSPS) is 9.50. The standard InChI is InChI=1S/C7H13NO4.H4N2/c1-7(2,3)12-6(11)8-4-5(9)10;1-2/h4H2,1-3H3,(H,8,11)(H,9,10);1-2H2. The van der Waals surface area contributed by atoms with Gasteiger partial charge in [0.05, 0.1) is 0 Å². The second kappa shape index (κ2) is 7.10. The highest BCUT2D eigenvalue weighted by molar-refractivity contribution is 5.76. The van der Waals surface area contributed by atoms with Gasteiger partial charge in [-0.3, -0.25) is 16.5 Å². The van der Waals surface area contributed by atoms with Crippen LogP contribution in [0, 0.1) is 0 Å². The second-order valence-corrected chi connectivity index (χ2v) is 3.25. The summed E-state index contributed by atoms with van der Waals surface area (Å²) in [6.07, 6.45) is -0.718. The lowest BCUT2D eigenvalue weighted by atomic mass is 10.2. The van der Waals surface area contributed by atoms with Crippen molar-refractivity contribution in [3.05, 3.63) is 0 Å². The molecule has 0 unspecified atom stereocenters. The molecule has 0 saturated carbocycles. The third-order valence-electron chi connectivity index (χ3n) is 0.783. The molecule has 0 aromatic carbocycles. The number of ether oxygens (including phenoxy) is 1. The van der Waals surface area contributed by atoms with E-state index in [2.05, 4.69) is 17.0 Å². The molecule has 0 aliphatic rings. The quantitative estimate of drug-likeness (QED) is 0.354. The minimum absolute atomic E-state index is 0.422. The van der Waals surface area contributed by atoms with Crippen LogP contribution in [0.25, 0.3) is 0 Å². The van der Waals surface area contributed by atoms with Gasteiger partial charge in [0, 0.05) is 0 Å². The third-order valence-corrected chi connectivity index (χ3v) is 0.783. The molecule has 0 saturated heterocycles. The van der Waals surface area contributed by atoms with E-state index < -0.39 is 24.2 Å². The van der Waals surface area contributed by atoms with Crippen molar-refractivity contribution in [3.63, 3.8) is 0 Å². The van der Waals surface area contributed by atoms with Crippen LogP contribution in [0.3, 0.4) is 0 Å². The second-order valence-electron chi connectivity index (χ2n) is 3.25. The summed E-state index contributed by atoms with van der Waals surface area (Å²) < 4.78 is 4.77. The number of hydrazine groups is 1. The van der Waals surface area contributed by atoms with Crippen molar-refractivity contribution in [2.45, 2.75) is 26.4 Å². The lowest BCUT2D eigenvalue weighted by molar-refractivity contribution is -0.136. The summed E-state index contributed by atoms with van der Waals surface area (Å²) in [5.74, 6) is 6.90. The number of nitrogens with two attached hydrogens (primary N) is 2. The van der Waals surface area contributed by atoms with Crippen molar-refractivity contribution in [3.8, 4) is 0 Å². The molecule has 7 heteroatoms. The van der Waals surface area contributed by atoms with E-state index in [9.17, 15) is 9.59 Å². The molecule has 0 atom stereocenters. The zero-order valence-electron chi connectivity index (χ0n) is 8.53. The monoisotopic (exact) mass is 207 g/mol. The van der Waals surface area contributed by atoms with Gasteiger partial charge in [0.25, 0.3) is 0 Å². The number of nitrogens with one attached hydrogen (secondary N) is 1. The number of carboxylic acids is 1. The molecule has 84 valence electrons. The predicted octanol–water partition coefficient (Wildman–Crippen LogP) is -0.585. The molecular weight excluding hydrogens is 190 g/mol. The van der Waals surface area contributed by atoms with Gasteiger partial charge < -0.3 is 15.2 Å². The molecule has 0 heterocycles. The molecule has 0 bridgehead atoms. The van der Waals surface area contributed by atoms with Crippen molar-refractivity contribution >= 4 is 12.1 Å². The molecule has 6 N–H and O–H groups in total. The van der Waals surface area contributed by atoms with Crippen molar-refractivity contribution in [2.75, 3.05) is 6.54 Å². The average molecular weight is 207 g/mol. The zero-order chi connectivity index (χ0) is 11.8. The van der Waals surface area contributed by atoms with E-state index in [1.807, 2.05) is 0 Å². The fourth-order valence-corrected chi connectivity index (χ4v) is 0.462. The number of carboxylic acid groups (broad SMARTS) is 1. The molecule has 0 spiro atoms. The highest BCUT2D eigenvalue weighted by Gasteiger charge is 2.15. The van der Waals surface area contributed by atoms with Crippen LogP contribution in [0.1, 0.15) is 20.8 Å². The van der Waals surface area contributed by atoms with E-state index in [-0.39, 0.29) is 0 Å². The van der Waals surface area contributed by atoms with Crippen LogP contribution in [0.4, 0.5) is 4.79 Å². The fourth-order valence-electron chi connectivity index (χ4n) is 0.462. The van der Waals surface area contributed by atoms with Crippen molar-refractivity contribution < 1.29 is 19.4 Å². The molecule has 0 radical (unpaired) electrons. The highest BCUT2D eigenvalue weighted by atomic mass is 16.6. The predicted molar refractivity (Wildman–Crippen MR) is 50.2 cm³/mol. The number of rotatable bonds is 2. The van der Waals surface area contributed by atoms with Crippen molar-refractivity contribution in [1.82, 2.24) is 5.32 Å². The van der Waals surface area contributed by atoms with E-state index in [1.54, 1.807) is 20.8 Å².